The summed E-state index contributed by atoms with van der Waals surface area (Å²) in [6.07, 6.45) is 0. The Balaban J connectivity index is 1.89. The molecule has 126 valence electrons. The normalized spacial score (nSPS) is 10.1. The average molecular weight is 327 g/mol. The molecule has 6 heteroatoms. The quantitative estimate of drug-likeness (QED) is 0.855. The number of nitrogens with zero attached hydrogens (tertiary/aromatic N) is 1. The molecule has 0 atom stereocenters. The Morgan fingerprint density at radius 1 is 1.17 bits per heavy atom. The van der Waals surface area contributed by atoms with Crippen molar-refractivity contribution >= 4 is 17.6 Å². The number of rotatable bonds is 6. The van der Waals surface area contributed by atoms with Gasteiger partial charge in [0.2, 0.25) is 0 Å². The molecule has 2 aromatic carbocycles. The summed E-state index contributed by atoms with van der Waals surface area (Å²) in [7, 11) is 1.70. The second kappa shape index (κ2) is 8.01. The number of amides is 3. The fourth-order valence-corrected chi connectivity index (χ4v) is 2.13. The number of carbonyl (C=O) groups is 2. The van der Waals surface area contributed by atoms with Crippen molar-refractivity contribution in [1.82, 2.24) is 4.90 Å². The highest BCUT2D eigenvalue weighted by Crippen LogP contribution is 2.13. The van der Waals surface area contributed by atoms with Crippen LogP contribution in [0.5, 0.6) is 5.75 Å². The van der Waals surface area contributed by atoms with Crippen LogP contribution < -0.4 is 15.8 Å². The minimum atomic E-state index is -0.667. The zero-order chi connectivity index (χ0) is 17.5. The molecule has 3 N–H and O–H groups in total. The van der Waals surface area contributed by atoms with Crippen molar-refractivity contribution in [2.24, 2.45) is 5.73 Å². The van der Waals surface area contributed by atoms with Gasteiger partial charge in [-0.1, -0.05) is 23.8 Å². The Labute approximate surface area is 141 Å². The van der Waals surface area contributed by atoms with Gasteiger partial charge in [-0.2, -0.15) is 0 Å². The highest BCUT2D eigenvalue weighted by molar-refractivity contribution is 5.96. The number of ether oxygens (including phenoxy) is 1. The number of hydrogen-bond donors (Lipinski definition) is 2. The molecule has 3 amide bonds. The van der Waals surface area contributed by atoms with E-state index in [1.807, 2.05) is 31.2 Å². The third kappa shape index (κ3) is 5.01. The van der Waals surface area contributed by atoms with E-state index in [0.717, 1.165) is 5.75 Å². The number of hydrogen-bond acceptors (Lipinski definition) is 3. The van der Waals surface area contributed by atoms with E-state index in [1.54, 1.807) is 36.2 Å². The molecule has 0 unspecified atom stereocenters. The topological polar surface area (TPSA) is 84.7 Å². The number of benzene rings is 2. The van der Waals surface area contributed by atoms with Crippen molar-refractivity contribution in [2.45, 2.75) is 6.92 Å². The van der Waals surface area contributed by atoms with Crippen LogP contribution in [0.25, 0.3) is 0 Å². The number of anilines is 1. The van der Waals surface area contributed by atoms with Crippen molar-refractivity contribution in [2.75, 3.05) is 25.5 Å². The smallest absolute Gasteiger partial charge is 0.316 e. The molecule has 2 aromatic rings. The summed E-state index contributed by atoms with van der Waals surface area (Å²) in [4.78, 5) is 24.8. The molecule has 0 aliphatic rings. The van der Waals surface area contributed by atoms with E-state index < -0.39 is 6.03 Å². The second-order valence-electron chi connectivity index (χ2n) is 5.46. The van der Waals surface area contributed by atoms with Crippen LogP contribution in [-0.4, -0.2) is 37.0 Å². The lowest BCUT2D eigenvalue weighted by Gasteiger charge is -2.18. The summed E-state index contributed by atoms with van der Waals surface area (Å²) in [6, 6.07) is 13.7. The summed E-state index contributed by atoms with van der Waals surface area (Å²) >= 11 is 0. The highest BCUT2D eigenvalue weighted by Gasteiger charge is 2.12. The van der Waals surface area contributed by atoms with Gasteiger partial charge in [-0.3, -0.25) is 4.79 Å². The van der Waals surface area contributed by atoms with Crippen molar-refractivity contribution in [3.63, 3.8) is 0 Å². The third-order valence-electron chi connectivity index (χ3n) is 3.44. The van der Waals surface area contributed by atoms with Crippen LogP contribution in [0.1, 0.15) is 15.9 Å². The summed E-state index contributed by atoms with van der Waals surface area (Å²) in [6.45, 7) is 2.85. The molecule has 24 heavy (non-hydrogen) atoms. The molecule has 0 aromatic heterocycles. The minimum Gasteiger partial charge on any atom is -0.492 e. The van der Waals surface area contributed by atoms with Crippen LogP contribution in [0.2, 0.25) is 0 Å². The van der Waals surface area contributed by atoms with Gasteiger partial charge in [0.05, 0.1) is 6.54 Å². The number of urea groups is 1. The van der Waals surface area contributed by atoms with Gasteiger partial charge in [0.25, 0.3) is 5.91 Å². The molecule has 0 bridgehead atoms. The average Bonchev–Trinajstić information content (AvgIpc) is 2.55. The Hall–Kier alpha value is -3.02. The molecular formula is C18H21N3O3. The van der Waals surface area contributed by atoms with E-state index in [1.165, 1.54) is 5.56 Å². The summed E-state index contributed by atoms with van der Waals surface area (Å²) in [5, 5.41) is 2.45. The van der Waals surface area contributed by atoms with Crippen molar-refractivity contribution in [1.29, 1.82) is 0 Å². The van der Waals surface area contributed by atoms with Crippen LogP contribution in [-0.2, 0) is 0 Å². The van der Waals surface area contributed by atoms with Crippen molar-refractivity contribution in [3.8, 4) is 5.75 Å². The summed E-state index contributed by atoms with van der Waals surface area (Å²) < 4.78 is 5.63. The zero-order valence-corrected chi connectivity index (χ0v) is 13.8. The molecule has 0 aliphatic carbocycles. The molecule has 0 saturated carbocycles. The minimum absolute atomic E-state index is 0.157. The Morgan fingerprint density at radius 2 is 1.88 bits per heavy atom. The van der Waals surface area contributed by atoms with Crippen molar-refractivity contribution < 1.29 is 14.3 Å². The Bertz CT molecular complexity index is 714. The molecule has 2 rings (SSSR count). The first-order valence-electron chi connectivity index (χ1n) is 7.57. The first-order valence-corrected chi connectivity index (χ1v) is 7.57. The van der Waals surface area contributed by atoms with Crippen LogP contribution >= 0.6 is 0 Å². The largest absolute Gasteiger partial charge is 0.492 e. The monoisotopic (exact) mass is 327 g/mol. The van der Waals surface area contributed by atoms with E-state index in [2.05, 4.69) is 5.32 Å². The van der Waals surface area contributed by atoms with Gasteiger partial charge in [-0.05, 0) is 37.3 Å². The van der Waals surface area contributed by atoms with Gasteiger partial charge in [0.15, 0.2) is 0 Å². The maximum absolute atomic E-state index is 12.4. The maximum Gasteiger partial charge on any atom is 0.316 e. The number of primary amides is 1. The number of likely N-dealkylation sites (N-methyl/N-ethyl adjacent to an activating group) is 1. The first kappa shape index (κ1) is 17.3. The van der Waals surface area contributed by atoms with E-state index in [9.17, 15) is 9.59 Å². The molecule has 0 spiro atoms. The molecule has 6 nitrogen and oxygen atoms in total. The lowest BCUT2D eigenvalue weighted by molar-refractivity contribution is 0.0774. The van der Waals surface area contributed by atoms with E-state index in [0.29, 0.717) is 24.4 Å². The second-order valence-corrected chi connectivity index (χ2v) is 5.46. The van der Waals surface area contributed by atoms with Gasteiger partial charge in [-0.25, -0.2) is 4.79 Å². The number of nitrogens with one attached hydrogen (secondary N) is 1. The van der Waals surface area contributed by atoms with Gasteiger partial charge in [0, 0.05) is 18.3 Å². The van der Waals surface area contributed by atoms with Crippen LogP contribution in [0.4, 0.5) is 10.5 Å². The maximum atomic E-state index is 12.4. The lowest BCUT2D eigenvalue weighted by Crippen LogP contribution is -2.31. The number of carbonyl (C=O) groups excluding carboxylic acids is 2. The first-order chi connectivity index (χ1) is 11.5. The van der Waals surface area contributed by atoms with Gasteiger partial charge in [0.1, 0.15) is 12.4 Å². The van der Waals surface area contributed by atoms with Gasteiger partial charge >= 0.3 is 6.03 Å². The number of aryl methyl sites for hydroxylation is 1. The van der Waals surface area contributed by atoms with Crippen LogP contribution in [0, 0.1) is 6.92 Å². The van der Waals surface area contributed by atoms with Crippen LogP contribution in [0.15, 0.2) is 48.5 Å². The van der Waals surface area contributed by atoms with Gasteiger partial charge < -0.3 is 20.7 Å². The van der Waals surface area contributed by atoms with E-state index in [4.69, 9.17) is 10.5 Å². The molecule has 0 saturated heterocycles. The van der Waals surface area contributed by atoms with E-state index >= 15 is 0 Å². The third-order valence-corrected chi connectivity index (χ3v) is 3.44. The number of nitrogens with two attached hydrogens (primary N) is 1. The molecule has 0 radical (unpaired) electrons. The molecule has 0 heterocycles. The molecule has 0 fully saturated rings. The fraction of sp³-hybridized carbons (Fsp3) is 0.222. The molecular weight excluding hydrogens is 306 g/mol. The van der Waals surface area contributed by atoms with Crippen molar-refractivity contribution in [3.05, 3.63) is 59.7 Å². The van der Waals surface area contributed by atoms with Gasteiger partial charge in [-0.15, -0.1) is 0 Å². The SMILES string of the molecule is Cc1ccc(OCCN(C)C(=O)c2cccc(NC(N)=O)c2)cc1. The lowest BCUT2D eigenvalue weighted by atomic mass is 10.2. The Morgan fingerprint density at radius 3 is 2.54 bits per heavy atom. The highest BCUT2D eigenvalue weighted by atomic mass is 16.5. The standard InChI is InChI=1S/C18H21N3O3/c1-13-6-8-16(9-7-13)24-11-10-21(2)17(22)14-4-3-5-15(12-14)20-18(19)23/h3-9,12H,10-11H2,1-2H3,(H3,19,20,23). The Kier molecular flexibility index (Phi) is 5.78. The van der Waals surface area contributed by atoms with Crippen LogP contribution in [0.3, 0.4) is 0 Å². The van der Waals surface area contributed by atoms with E-state index in [-0.39, 0.29) is 5.91 Å². The fourth-order valence-electron chi connectivity index (χ4n) is 2.13. The summed E-state index contributed by atoms with van der Waals surface area (Å²) in [5.74, 6) is 0.615. The predicted octanol–water partition coefficient (Wildman–Crippen LogP) is 2.64. The predicted molar refractivity (Wildman–Crippen MR) is 93.3 cm³/mol. The summed E-state index contributed by atoms with van der Waals surface area (Å²) in [5.41, 5.74) is 7.20. The zero-order valence-electron chi connectivity index (χ0n) is 13.8. The molecule has 0 aliphatic heterocycles.